The molecule has 1 amide bonds. The molecule has 6 heteroatoms. The van der Waals surface area contributed by atoms with Crippen molar-refractivity contribution in [3.8, 4) is 0 Å². The highest BCUT2D eigenvalue weighted by Gasteiger charge is 2.18. The van der Waals surface area contributed by atoms with Crippen molar-refractivity contribution >= 4 is 21.6 Å². The van der Waals surface area contributed by atoms with E-state index in [1.807, 2.05) is 31.2 Å². The lowest BCUT2D eigenvalue weighted by atomic mass is 10.0. The highest BCUT2D eigenvalue weighted by Crippen LogP contribution is 2.25. The molecule has 1 aliphatic carbocycles. The van der Waals surface area contributed by atoms with E-state index in [0.29, 0.717) is 11.3 Å². The first-order valence-electron chi connectivity index (χ1n) is 8.33. The van der Waals surface area contributed by atoms with Crippen molar-refractivity contribution in [2.24, 2.45) is 0 Å². The van der Waals surface area contributed by atoms with Gasteiger partial charge in [0.05, 0.1) is 18.0 Å². The maximum atomic E-state index is 12.6. The lowest BCUT2D eigenvalue weighted by Gasteiger charge is -2.18. The number of anilines is 1. The maximum Gasteiger partial charge on any atom is 0.251 e. The molecule has 0 bridgehead atoms. The Morgan fingerprint density at radius 1 is 1.08 bits per heavy atom. The smallest absolute Gasteiger partial charge is 0.251 e. The normalized spacial score (nSPS) is 14.6. The molecule has 0 spiro atoms. The molecule has 0 radical (unpaired) electrons. The Morgan fingerprint density at radius 2 is 1.80 bits per heavy atom. The van der Waals surface area contributed by atoms with E-state index in [9.17, 15) is 13.2 Å². The number of aryl methyl sites for hydroxylation is 2. The Kier molecular flexibility index (Phi) is 4.81. The summed E-state index contributed by atoms with van der Waals surface area (Å²) in [6.07, 6.45) is 4.35. The van der Waals surface area contributed by atoms with E-state index < -0.39 is 10.0 Å². The average Bonchev–Trinajstić information content (AvgIpc) is 3.01. The summed E-state index contributed by atoms with van der Waals surface area (Å²) in [5.41, 5.74) is 4.42. The quantitative estimate of drug-likeness (QED) is 0.863. The van der Waals surface area contributed by atoms with Crippen molar-refractivity contribution in [2.45, 2.75) is 32.2 Å². The van der Waals surface area contributed by atoms with Gasteiger partial charge in [-0.15, -0.1) is 0 Å². The predicted molar refractivity (Wildman–Crippen MR) is 99.3 cm³/mol. The molecule has 132 valence electrons. The Morgan fingerprint density at radius 3 is 2.56 bits per heavy atom. The Bertz CT molecular complexity index is 907. The van der Waals surface area contributed by atoms with Gasteiger partial charge in [0.15, 0.2) is 0 Å². The van der Waals surface area contributed by atoms with E-state index in [-0.39, 0.29) is 11.9 Å². The molecular weight excluding hydrogens is 336 g/mol. The number of nitrogens with one attached hydrogen (secondary N) is 2. The lowest BCUT2D eigenvalue weighted by molar-refractivity contribution is 0.0940. The topological polar surface area (TPSA) is 75.3 Å². The summed E-state index contributed by atoms with van der Waals surface area (Å²) in [6.45, 7) is 1.84. The van der Waals surface area contributed by atoms with Gasteiger partial charge in [-0.05, 0) is 61.1 Å². The molecule has 1 unspecified atom stereocenters. The minimum absolute atomic E-state index is 0.156. The van der Waals surface area contributed by atoms with Crippen molar-refractivity contribution < 1.29 is 13.2 Å². The summed E-state index contributed by atoms with van der Waals surface area (Å²) >= 11 is 0. The van der Waals surface area contributed by atoms with E-state index in [0.717, 1.165) is 31.1 Å². The molecule has 25 heavy (non-hydrogen) atoms. The third kappa shape index (κ3) is 4.20. The summed E-state index contributed by atoms with van der Waals surface area (Å²) in [5.74, 6) is -0.156. The second-order valence-electron chi connectivity index (χ2n) is 6.49. The molecule has 5 nitrogen and oxygen atoms in total. The first-order chi connectivity index (χ1) is 11.8. The van der Waals surface area contributed by atoms with E-state index in [1.165, 1.54) is 11.1 Å². The first kappa shape index (κ1) is 17.5. The Hall–Kier alpha value is -2.34. The van der Waals surface area contributed by atoms with Gasteiger partial charge in [-0.3, -0.25) is 9.52 Å². The molecule has 1 atom stereocenters. The average molecular weight is 358 g/mol. The SMILES string of the molecule is CC(NC(=O)c1ccc2c(c1)CCC2)c1ccccc1NS(C)(=O)=O. The van der Waals surface area contributed by atoms with Gasteiger partial charge in [0, 0.05) is 5.56 Å². The molecule has 0 aliphatic heterocycles. The second-order valence-corrected chi connectivity index (χ2v) is 8.24. The molecule has 2 aromatic rings. The molecule has 0 saturated carbocycles. The van der Waals surface area contributed by atoms with Crippen LogP contribution in [0.3, 0.4) is 0 Å². The van der Waals surface area contributed by atoms with Gasteiger partial charge in [-0.25, -0.2) is 8.42 Å². The van der Waals surface area contributed by atoms with Crippen LogP contribution in [0.2, 0.25) is 0 Å². The summed E-state index contributed by atoms with van der Waals surface area (Å²) < 4.78 is 25.6. The van der Waals surface area contributed by atoms with Crippen LogP contribution in [0.5, 0.6) is 0 Å². The fraction of sp³-hybridized carbons (Fsp3) is 0.316. The predicted octanol–water partition coefficient (Wildman–Crippen LogP) is 3.04. The van der Waals surface area contributed by atoms with Crippen LogP contribution in [0.4, 0.5) is 5.69 Å². The highest BCUT2D eigenvalue weighted by molar-refractivity contribution is 7.92. The van der Waals surface area contributed by atoms with Gasteiger partial charge in [0.1, 0.15) is 0 Å². The zero-order valence-electron chi connectivity index (χ0n) is 14.4. The minimum atomic E-state index is -3.38. The van der Waals surface area contributed by atoms with Crippen LogP contribution in [0.25, 0.3) is 0 Å². The molecule has 0 aromatic heterocycles. The third-order valence-corrected chi connectivity index (χ3v) is 5.02. The summed E-state index contributed by atoms with van der Waals surface area (Å²) in [4.78, 5) is 12.6. The summed E-state index contributed by atoms with van der Waals surface area (Å²) in [5, 5.41) is 2.96. The monoisotopic (exact) mass is 358 g/mol. The van der Waals surface area contributed by atoms with E-state index in [2.05, 4.69) is 10.0 Å². The molecule has 1 aliphatic rings. The summed E-state index contributed by atoms with van der Waals surface area (Å²) in [6, 6.07) is 12.6. The zero-order chi connectivity index (χ0) is 18.0. The number of carbonyl (C=O) groups is 1. The van der Waals surface area contributed by atoms with Crippen molar-refractivity contribution in [3.05, 3.63) is 64.7 Å². The van der Waals surface area contributed by atoms with Crippen LogP contribution in [-0.4, -0.2) is 20.6 Å². The highest BCUT2D eigenvalue weighted by atomic mass is 32.2. The number of amides is 1. The molecule has 2 N–H and O–H groups in total. The fourth-order valence-corrected chi connectivity index (χ4v) is 3.82. The molecule has 0 fully saturated rings. The van der Waals surface area contributed by atoms with E-state index in [4.69, 9.17) is 0 Å². The number of sulfonamides is 1. The number of rotatable bonds is 5. The number of carbonyl (C=O) groups excluding carboxylic acids is 1. The molecule has 0 heterocycles. The molecule has 0 saturated heterocycles. The van der Waals surface area contributed by atoms with Gasteiger partial charge in [0.2, 0.25) is 10.0 Å². The Labute approximate surface area is 148 Å². The van der Waals surface area contributed by atoms with Crippen LogP contribution in [0, 0.1) is 0 Å². The maximum absolute atomic E-state index is 12.6. The number of fused-ring (bicyclic) bond motifs is 1. The standard InChI is InChI=1S/C19H22N2O3S/c1-13(17-8-3-4-9-18(17)21-25(2,23)24)20-19(22)16-11-10-14-6-5-7-15(14)12-16/h3-4,8-13,21H,5-7H2,1-2H3,(H,20,22). The van der Waals surface area contributed by atoms with Gasteiger partial charge < -0.3 is 5.32 Å². The van der Waals surface area contributed by atoms with Crippen LogP contribution >= 0.6 is 0 Å². The number of para-hydroxylation sites is 1. The molecular formula is C19H22N2O3S. The van der Waals surface area contributed by atoms with E-state index in [1.54, 1.807) is 18.2 Å². The van der Waals surface area contributed by atoms with Gasteiger partial charge >= 0.3 is 0 Å². The third-order valence-electron chi connectivity index (χ3n) is 4.43. The van der Waals surface area contributed by atoms with Gasteiger partial charge in [-0.2, -0.15) is 0 Å². The van der Waals surface area contributed by atoms with Gasteiger partial charge in [0.25, 0.3) is 5.91 Å². The molecule has 3 rings (SSSR count). The van der Waals surface area contributed by atoms with Gasteiger partial charge in [-0.1, -0.05) is 24.3 Å². The van der Waals surface area contributed by atoms with Crippen molar-refractivity contribution in [3.63, 3.8) is 0 Å². The van der Waals surface area contributed by atoms with Crippen molar-refractivity contribution in [1.29, 1.82) is 0 Å². The Balaban J connectivity index is 1.78. The largest absolute Gasteiger partial charge is 0.345 e. The van der Waals surface area contributed by atoms with Crippen molar-refractivity contribution in [2.75, 3.05) is 11.0 Å². The fourth-order valence-electron chi connectivity index (χ4n) is 3.24. The van der Waals surface area contributed by atoms with Crippen LogP contribution in [0.15, 0.2) is 42.5 Å². The zero-order valence-corrected chi connectivity index (χ0v) is 15.2. The molecule has 2 aromatic carbocycles. The number of hydrogen-bond donors (Lipinski definition) is 2. The minimum Gasteiger partial charge on any atom is -0.345 e. The van der Waals surface area contributed by atoms with Crippen LogP contribution in [-0.2, 0) is 22.9 Å². The van der Waals surface area contributed by atoms with Crippen LogP contribution in [0.1, 0.15) is 46.4 Å². The van der Waals surface area contributed by atoms with Crippen molar-refractivity contribution in [1.82, 2.24) is 5.32 Å². The lowest BCUT2D eigenvalue weighted by Crippen LogP contribution is -2.27. The second kappa shape index (κ2) is 6.88. The summed E-state index contributed by atoms with van der Waals surface area (Å²) in [7, 11) is -3.38. The van der Waals surface area contributed by atoms with E-state index >= 15 is 0 Å². The van der Waals surface area contributed by atoms with Crippen LogP contribution < -0.4 is 10.0 Å². The first-order valence-corrected chi connectivity index (χ1v) is 10.2. The number of benzene rings is 2. The number of hydrogen-bond acceptors (Lipinski definition) is 3.